The van der Waals surface area contributed by atoms with E-state index in [1.165, 1.54) is 41.7 Å². The van der Waals surface area contributed by atoms with Gasteiger partial charge in [-0.25, -0.2) is 18.7 Å². The van der Waals surface area contributed by atoms with Gasteiger partial charge in [0, 0.05) is 72.2 Å². The molecule has 1 spiro atoms. The van der Waals surface area contributed by atoms with Gasteiger partial charge in [-0.3, -0.25) is 14.4 Å². The third kappa shape index (κ3) is 6.12. The number of nitrogens with zero attached hydrogens (tertiary/aromatic N) is 4. The number of hydrogen-bond acceptors (Lipinski definition) is 8. The number of aromatic nitrogens is 3. The van der Waals surface area contributed by atoms with Crippen molar-refractivity contribution in [3.05, 3.63) is 124 Å². The summed E-state index contributed by atoms with van der Waals surface area (Å²) in [4.78, 5) is 58.0. The number of amides is 2. The van der Waals surface area contributed by atoms with Gasteiger partial charge in [0.1, 0.15) is 17.5 Å². The van der Waals surface area contributed by atoms with E-state index in [0.717, 1.165) is 55.1 Å². The van der Waals surface area contributed by atoms with E-state index in [4.69, 9.17) is 4.74 Å². The lowest BCUT2D eigenvalue weighted by Crippen LogP contribution is -2.59. The summed E-state index contributed by atoms with van der Waals surface area (Å²) in [6.07, 6.45) is 4.20. The van der Waals surface area contributed by atoms with Gasteiger partial charge in [-0.2, -0.15) is 0 Å². The van der Waals surface area contributed by atoms with Gasteiger partial charge in [0.2, 0.25) is 5.78 Å². The number of hydrogen-bond donors (Lipinski definition) is 2. The van der Waals surface area contributed by atoms with Crippen LogP contribution in [0.1, 0.15) is 60.2 Å². The highest BCUT2D eigenvalue weighted by Crippen LogP contribution is 2.44. The largest absolute Gasteiger partial charge is 0.381 e. The number of aryl methyl sites for hydroxylation is 1. The summed E-state index contributed by atoms with van der Waals surface area (Å²) in [6, 6.07) is 18.7. The third-order valence-corrected chi connectivity index (χ3v) is 11.8. The van der Waals surface area contributed by atoms with E-state index in [1.54, 1.807) is 47.5 Å². The number of pyridine rings is 1. The summed E-state index contributed by atoms with van der Waals surface area (Å²) in [5, 5.41) is 2.97. The molecule has 0 aliphatic carbocycles. The Morgan fingerprint density at radius 3 is 2.50 bits per heavy atom. The maximum absolute atomic E-state index is 14.8. The van der Waals surface area contributed by atoms with E-state index in [0.29, 0.717) is 56.2 Å². The van der Waals surface area contributed by atoms with Crippen LogP contribution < -0.4 is 15.1 Å². The summed E-state index contributed by atoms with van der Waals surface area (Å²) in [7, 11) is 0. The predicted molar refractivity (Wildman–Crippen MR) is 203 cm³/mol. The number of ether oxygens (including phenoxy) is 1. The number of thiophene rings is 1. The predicted octanol–water partition coefficient (Wildman–Crippen LogP) is 7.58. The second-order valence-electron chi connectivity index (χ2n) is 14.3. The Hall–Kier alpha value is -5.79. The number of halogens is 2. The molecular weight excluding hydrogens is 711 g/mol. The molecule has 6 aromatic rings. The molecule has 2 fully saturated rings. The zero-order chi connectivity index (χ0) is 37.1. The number of aromatic amines is 1. The zero-order valence-electron chi connectivity index (χ0n) is 29.2. The highest BCUT2D eigenvalue weighted by molar-refractivity contribution is 7.17. The molecule has 3 aliphatic rings. The lowest BCUT2D eigenvalue weighted by Gasteiger charge is -2.53. The van der Waals surface area contributed by atoms with Crippen LogP contribution in [0, 0.1) is 24.0 Å². The van der Waals surface area contributed by atoms with Crippen LogP contribution in [-0.2, 0) is 11.2 Å². The van der Waals surface area contributed by atoms with Crippen molar-refractivity contribution in [3.8, 4) is 10.4 Å². The number of fused-ring (bicyclic) bond motifs is 4. The molecule has 0 saturated carbocycles. The van der Waals surface area contributed by atoms with Crippen molar-refractivity contribution < 1.29 is 27.9 Å². The van der Waals surface area contributed by atoms with Gasteiger partial charge in [0.15, 0.2) is 5.82 Å². The van der Waals surface area contributed by atoms with E-state index >= 15 is 0 Å². The van der Waals surface area contributed by atoms with Crippen LogP contribution in [0.4, 0.5) is 26.0 Å². The molecule has 3 aromatic carbocycles. The van der Waals surface area contributed by atoms with Gasteiger partial charge < -0.3 is 24.8 Å². The first-order valence-corrected chi connectivity index (χ1v) is 18.6. The number of imidazole rings is 1. The van der Waals surface area contributed by atoms with Crippen LogP contribution in [-0.4, -0.2) is 65.4 Å². The van der Waals surface area contributed by atoms with Crippen molar-refractivity contribution in [2.45, 2.75) is 26.2 Å². The fourth-order valence-corrected chi connectivity index (χ4v) is 8.89. The first-order chi connectivity index (χ1) is 26.1. The van der Waals surface area contributed by atoms with Crippen LogP contribution in [0.25, 0.3) is 21.5 Å². The minimum atomic E-state index is -0.499. The van der Waals surface area contributed by atoms with Crippen molar-refractivity contribution in [2.75, 3.05) is 48.0 Å². The lowest BCUT2D eigenvalue weighted by atomic mass is 9.73. The lowest BCUT2D eigenvalue weighted by molar-refractivity contribution is -0.000511. The van der Waals surface area contributed by atoms with E-state index in [1.807, 2.05) is 13.0 Å². The summed E-state index contributed by atoms with van der Waals surface area (Å²) < 4.78 is 34.1. The van der Waals surface area contributed by atoms with Gasteiger partial charge in [0.25, 0.3) is 11.8 Å². The monoisotopic (exact) mass is 744 g/mol. The van der Waals surface area contributed by atoms with Crippen LogP contribution >= 0.6 is 11.3 Å². The Labute approximate surface area is 312 Å². The third-order valence-electron chi connectivity index (χ3n) is 10.6. The Kier molecular flexibility index (Phi) is 8.35. The normalized spacial score (nSPS) is 16.1. The number of H-pyrrole nitrogens is 1. The second kappa shape index (κ2) is 13.3. The van der Waals surface area contributed by atoms with Crippen molar-refractivity contribution in [3.63, 3.8) is 0 Å². The van der Waals surface area contributed by atoms with Crippen LogP contribution in [0.15, 0.2) is 79.0 Å². The minimum Gasteiger partial charge on any atom is -0.381 e. The summed E-state index contributed by atoms with van der Waals surface area (Å²) in [5.41, 5.74) is 5.24. The molecular formula is C41H34F2N6O4S. The maximum atomic E-state index is 14.8. The number of carbonyl (C=O) groups excluding carboxylic acids is 3. The molecule has 13 heteroatoms. The standard InChI is InChI=1S/C41H34F2N6O4S/c1-23-16-30(38(44-20-23)48-21-41(22-48)11-14-53-15-12-41)39(51)45-28-6-2-24(3-7-28)40(52)49-13-10-25-17-34(54-36(25)29-8-4-27(43)19-33(29)49)35(50)37-46-31-9-5-26(42)18-32(31)47-37/h2-9,16-20H,10-15,21-22H2,1H3,(H,45,51)(H,46,47). The number of anilines is 3. The molecule has 3 aliphatic heterocycles. The number of nitrogens with one attached hydrogen (secondary N) is 2. The molecule has 2 N–H and O–H groups in total. The van der Waals surface area contributed by atoms with Crippen LogP contribution in [0.2, 0.25) is 0 Å². The molecule has 6 heterocycles. The minimum absolute atomic E-state index is 0.0957. The van der Waals surface area contributed by atoms with Crippen LogP contribution in [0.3, 0.4) is 0 Å². The first-order valence-electron chi connectivity index (χ1n) is 17.8. The number of benzene rings is 3. The average Bonchev–Trinajstić information content (AvgIpc) is 3.75. The van der Waals surface area contributed by atoms with Gasteiger partial charge in [-0.1, -0.05) is 0 Å². The SMILES string of the molecule is Cc1cnc(N2CC3(CCOCC3)C2)c(C(=O)Nc2ccc(C(=O)N3CCc4cc(C(=O)c5nc6cc(F)ccc6[nH]5)sc4-c4ccc(F)cc43)cc2)c1. The summed E-state index contributed by atoms with van der Waals surface area (Å²) in [5.74, 6) is -1.15. The van der Waals surface area contributed by atoms with Crippen molar-refractivity contribution in [1.29, 1.82) is 0 Å². The van der Waals surface area contributed by atoms with Crippen LogP contribution in [0.5, 0.6) is 0 Å². The highest BCUT2D eigenvalue weighted by atomic mass is 32.1. The summed E-state index contributed by atoms with van der Waals surface area (Å²) in [6.45, 7) is 5.34. The van der Waals surface area contributed by atoms with E-state index in [-0.39, 0.29) is 35.4 Å². The van der Waals surface area contributed by atoms with Gasteiger partial charge in [-0.15, -0.1) is 11.3 Å². The molecule has 2 amide bonds. The molecule has 0 bridgehead atoms. The number of rotatable bonds is 6. The van der Waals surface area contributed by atoms with E-state index in [2.05, 4.69) is 25.2 Å². The Bertz CT molecular complexity index is 2480. The quantitative estimate of drug-likeness (QED) is 0.169. The molecule has 9 rings (SSSR count). The molecule has 10 nitrogen and oxygen atoms in total. The van der Waals surface area contributed by atoms with Crippen molar-refractivity contribution in [1.82, 2.24) is 15.0 Å². The molecule has 54 heavy (non-hydrogen) atoms. The Morgan fingerprint density at radius 2 is 1.70 bits per heavy atom. The smallest absolute Gasteiger partial charge is 0.259 e. The Morgan fingerprint density at radius 1 is 0.944 bits per heavy atom. The molecule has 2 saturated heterocycles. The molecule has 3 aromatic heterocycles. The topological polar surface area (TPSA) is 121 Å². The number of carbonyl (C=O) groups is 3. The Balaban J connectivity index is 0.931. The molecule has 0 unspecified atom stereocenters. The molecule has 272 valence electrons. The first kappa shape index (κ1) is 34.0. The average molecular weight is 745 g/mol. The molecule has 0 atom stereocenters. The van der Waals surface area contributed by atoms with Crippen molar-refractivity contribution in [2.24, 2.45) is 5.41 Å². The zero-order valence-corrected chi connectivity index (χ0v) is 30.1. The number of ketones is 1. The van der Waals surface area contributed by atoms with Gasteiger partial charge in [-0.05, 0) is 104 Å². The van der Waals surface area contributed by atoms with Gasteiger partial charge >= 0.3 is 0 Å². The summed E-state index contributed by atoms with van der Waals surface area (Å²) >= 11 is 1.25. The van der Waals surface area contributed by atoms with Gasteiger partial charge in [0.05, 0.1) is 27.2 Å². The van der Waals surface area contributed by atoms with E-state index in [9.17, 15) is 23.2 Å². The molecule has 0 radical (unpaired) electrons. The fourth-order valence-electron chi connectivity index (χ4n) is 7.71. The second-order valence-corrected chi connectivity index (χ2v) is 15.3. The van der Waals surface area contributed by atoms with Crippen molar-refractivity contribution >= 4 is 57.2 Å². The maximum Gasteiger partial charge on any atom is 0.259 e. The fraction of sp³-hybridized carbons (Fsp3) is 0.244. The highest BCUT2D eigenvalue weighted by Gasteiger charge is 2.45. The van der Waals surface area contributed by atoms with E-state index < -0.39 is 11.6 Å².